The van der Waals surface area contributed by atoms with Crippen LogP contribution < -0.4 is 4.90 Å². The highest BCUT2D eigenvalue weighted by Gasteiger charge is 2.17. The van der Waals surface area contributed by atoms with Gasteiger partial charge in [0.25, 0.3) is 0 Å². The summed E-state index contributed by atoms with van der Waals surface area (Å²) in [6.45, 7) is 0. The number of rotatable bonds is 8. The van der Waals surface area contributed by atoms with Gasteiger partial charge < -0.3 is 13.9 Å². The number of anilines is 3. The number of hydrogen-bond donors (Lipinski definition) is 0. The first-order valence-electron chi connectivity index (χ1n) is 21.5. The Balaban J connectivity index is 0.920. The quantitative estimate of drug-likeness (QED) is 0.153. The Kier molecular flexibility index (Phi) is 8.83. The molecule has 0 saturated carbocycles. The molecule has 63 heavy (non-hydrogen) atoms. The highest BCUT2D eigenvalue weighted by molar-refractivity contribution is 6.09. The smallest absolute Gasteiger partial charge is 0.136 e. The van der Waals surface area contributed by atoms with E-state index in [1.807, 2.05) is 12.1 Å². The highest BCUT2D eigenvalue weighted by atomic mass is 16.3. The van der Waals surface area contributed by atoms with Crippen LogP contribution in [0.25, 0.3) is 93.9 Å². The van der Waals surface area contributed by atoms with Crippen LogP contribution in [0.4, 0.5) is 17.1 Å². The first kappa shape index (κ1) is 36.5. The molecule has 0 N–H and O–H groups in total. The van der Waals surface area contributed by atoms with Gasteiger partial charge in [-0.15, -0.1) is 0 Å². The number of aromatic nitrogens is 1. The molecule has 0 spiro atoms. The standard InChI is InChI=1S/C60H40N2O/c1-2-12-41(13-3-1)42-24-26-43(27-25-42)44-28-33-49(34-29-44)61(51-16-11-17-52(40-51)62-57-21-7-4-18-53(57)54-19-5-8-22-58(54)62)50-35-30-45(31-36-50)46-14-10-15-47(38-46)48-32-37-56-55-20-6-9-23-59(55)63-60(56)39-48/h1-40H. The molecule has 2 aromatic heterocycles. The van der Waals surface area contributed by atoms with Gasteiger partial charge in [-0.3, -0.25) is 0 Å². The second-order valence-corrected chi connectivity index (χ2v) is 16.2. The van der Waals surface area contributed by atoms with Crippen molar-refractivity contribution in [2.45, 2.75) is 0 Å². The Hall–Kier alpha value is -8.40. The van der Waals surface area contributed by atoms with E-state index in [9.17, 15) is 0 Å². The molecule has 2 heterocycles. The maximum Gasteiger partial charge on any atom is 0.136 e. The van der Waals surface area contributed by atoms with E-state index in [-0.39, 0.29) is 0 Å². The molecule has 296 valence electrons. The molecule has 0 atom stereocenters. The Labute approximate surface area is 366 Å². The van der Waals surface area contributed by atoms with E-state index in [0.29, 0.717) is 0 Å². The lowest BCUT2D eigenvalue weighted by Gasteiger charge is -2.26. The molecule has 0 radical (unpaired) electrons. The second kappa shape index (κ2) is 15.3. The average Bonchev–Trinajstić information content (AvgIpc) is 3.91. The summed E-state index contributed by atoms with van der Waals surface area (Å²) in [7, 11) is 0. The monoisotopic (exact) mass is 804 g/mol. The van der Waals surface area contributed by atoms with E-state index in [1.54, 1.807) is 0 Å². The van der Waals surface area contributed by atoms with E-state index in [2.05, 4.69) is 240 Å². The molecule has 0 bridgehead atoms. The summed E-state index contributed by atoms with van der Waals surface area (Å²) in [6.07, 6.45) is 0. The zero-order valence-electron chi connectivity index (χ0n) is 34.4. The topological polar surface area (TPSA) is 21.3 Å². The van der Waals surface area contributed by atoms with Crippen molar-refractivity contribution in [2.24, 2.45) is 0 Å². The van der Waals surface area contributed by atoms with Crippen molar-refractivity contribution in [3.05, 3.63) is 243 Å². The summed E-state index contributed by atoms with van der Waals surface area (Å²) in [5, 5.41) is 4.78. The predicted molar refractivity (Wildman–Crippen MR) is 264 cm³/mol. The Bertz CT molecular complexity index is 3550. The average molecular weight is 805 g/mol. The van der Waals surface area contributed by atoms with Gasteiger partial charge in [-0.25, -0.2) is 0 Å². The lowest BCUT2D eigenvalue weighted by atomic mass is 9.98. The molecule has 3 heteroatoms. The molecule has 0 fully saturated rings. The fourth-order valence-corrected chi connectivity index (χ4v) is 9.29. The largest absolute Gasteiger partial charge is 0.456 e. The van der Waals surface area contributed by atoms with E-state index >= 15 is 0 Å². The van der Waals surface area contributed by atoms with E-state index < -0.39 is 0 Å². The SMILES string of the molecule is c1ccc(-c2ccc(-c3ccc(N(c4ccc(-c5cccc(-c6ccc7c(c6)oc6ccccc67)c5)cc4)c4cccc(-n5c6ccccc6c6ccccc65)c4)cc3)cc2)cc1. The number of para-hydroxylation sites is 3. The van der Waals surface area contributed by atoms with Gasteiger partial charge in [-0.2, -0.15) is 0 Å². The number of furan rings is 1. The third-order valence-electron chi connectivity index (χ3n) is 12.4. The first-order chi connectivity index (χ1) is 31.2. The van der Waals surface area contributed by atoms with Crippen LogP contribution in [0.15, 0.2) is 247 Å². The van der Waals surface area contributed by atoms with Crippen LogP contribution in [0.5, 0.6) is 0 Å². The number of fused-ring (bicyclic) bond motifs is 6. The van der Waals surface area contributed by atoms with Crippen molar-refractivity contribution >= 4 is 60.8 Å². The van der Waals surface area contributed by atoms with Crippen LogP contribution in [0, 0.1) is 0 Å². The zero-order chi connectivity index (χ0) is 41.7. The van der Waals surface area contributed by atoms with Crippen LogP contribution in [-0.2, 0) is 0 Å². The maximum absolute atomic E-state index is 6.25. The molecule has 0 unspecified atom stereocenters. The molecular weight excluding hydrogens is 765 g/mol. The highest BCUT2D eigenvalue weighted by Crippen LogP contribution is 2.40. The van der Waals surface area contributed by atoms with Crippen LogP contribution in [-0.4, -0.2) is 4.57 Å². The van der Waals surface area contributed by atoms with Crippen LogP contribution in [0.3, 0.4) is 0 Å². The minimum absolute atomic E-state index is 0.903. The third kappa shape index (κ3) is 6.55. The van der Waals surface area contributed by atoms with Crippen LogP contribution >= 0.6 is 0 Å². The van der Waals surface area contributed by atoms with E-state index in [0.717, 1.165) is 66.9 Å². The molecule has 0 aliphatic heterocycles. The third-order valence-corrected chi connectivity index (χ3v) is 12.4. The summed E-state index contributed by atoms with van der Waals surface area (Å²) in [4.78, 5) is 2.36. The fourth-order valence-electron chi connectivity index (χ4n) is 9.29. The predicted octanol–water partition coefficient (Wildman–Crippen LogP) is 16.8. The summed E-state index contributed by atoms with van der Waals surface area (Å²) in [5.74, 6) is 0. The Morgan fingerprint density at radius 1 is 0.270 bits per heavy atom. The van der Waals surface area contributed by atoms with Gasteiger partial charge in [-0.1, -0.05) is 164 Å². The summed E-state index contributed by atoms with van der Waals surface area (Å²) in [6, 6.07) is 87.2. The normalized spacial score (nSPS) is 11.5. The molecule has 10 aromatic carbocycles. The number of nitrogens with zero attached hydrogens (tertiary/aromatic N) is 2. The van der Waals surface area contributed by atoms with Crippen LogP contribution in [0.1, 0.15) is 0 Å². The van der Waals surface area contributed by atoms with Gasteiger partial charge in [-0.05, 0) is 123 Å². The Morgan fingerprint density at radius 2 is 0.714 bits per heavy atom. The minimum atomic E-state index is 0.903. The van der Waals surface area contributed by atoms with Crippen molar-refractivity contribution in [3.8, 4) is 50.2 Å². The summed E-state index contributed by atoms with van der Waals surface area (Å²) < 4.78 is 8.63. The van der Waals surface area contributed by atoms with Gasteiger partial charge in [0.05, 0.1) is 11.0 Å². The molecule has 0 aliphatic rings. The van der Waals surface area contributed by atoms with Gasteiger partial charge in [0.2, 0.25) is 0 Å². The molecule has 0 saturated heterocycles. The van der Waals surface area contributed by atoms with Gasteiger partial charge in [0, 0.05) is 44.3 Å². The first-order valence-corrected chi connectivity index (χ1v) is 21.5. The van der Waals surface area contributed by atoms with Gasteiger partial charge >= 0.3 is 0 Å². The molecule has 12 aromatic rings. The molecule has 0 aliphatic carbocycles. The minimum Gasteiger partial charge on any atom is -0.456 e. The van der Waals surface area contributed by atoms with Crippen molar-refractivity contribution in [1.82, 2.24) is 4.57 Å². The zero-order valence-corrected chi connectivity index (χ0v) is 34.4. The number of hydrogen-bond acceptors (Lipinski definition) is 2. The summed E-state index contributed by atoms with van der Waals surface area (Å²) >= 11 is 0. The van der Waals surface area contributed by atoms with Crippen molar-refractivity contribution in [1.29, 1.82) is 0 Å². The summed E-state index contributed by atoms with van der Waals surface area (Å²) in [5.41, 5.74) is 17.9. The molecular formula is C60H40N2O. The van der Waals surface area contributed by atoms with Crippen molar-refractivity contribution in [3.63, 3.8) is 0 Å². The number of benzene rings is 10. The lowest BCUT2D eigenvalue weighted by Crippen LogP contribution is -2.10. The fraction of sp³-hybridized carbons (Fsp3) is 0. The molecule has 12 rings (SSSR count). The lowest BCUT2D eigenvalue weighted by molar-refractivity contribution is 0.669. The van der Waals surface area contributed by atoms with E-state index in [4.69, 9.17) is 4.42 Å². The Morgan fingerprint density at radius 3 is 1.37 bits per heavy atom. The molecule has 3 nitrogen and oxygen atoms in total. The van der Waals surface area contributed by atoms with Crippen molar-refractivity contribution < 1.29 is 4.42 Å². The van der Waals surface area contributed by atoms with Gasteiger partial charge in [0.15, 0.2) is 0 Å². The van der Waals surface area contributed by atoms with Crippen molar-refractivity contribution in [2.75, 3.05) is 4.90 Å². The molecule has 0 amide bonds. The second-order valence-electron chi connectivity index (χ2n) is 16.2. The van der Waals surface area contributed by atoms with E-state index in [1.165, 1.54) is 44.1 Å². The van der Waals surface area contributed by atoms with Crippen LogP contribution in [0.2, 0.25) is 0 Å². The van der Waals surface area contributed by atoms with Gasteiger partial charge in [0.1, 0.15) is 11.2 Å². The maximum atomic E-state index is 6.25.